The van der Waals surface area contributed by atoms with Gasteiger partial charge in [-0.1, -0.05) is 0 Å². The molecular weight excluding hydrogens is 396 g/mol. The maximum absolute atomic E-state index is 5.77. The van der Waals surface area contributed by atoms with Gasteiger partial charge in [-0.2, -0.15) is 0 Å². The molecule has 2 N–H and O–H groups in total. The first kappa shape index (κ1) is 11.2. The summed E-state index contributed by atoms with van der Waals surface area (Å²) in [7, 11) is 3.23. The normalized spacial score (nSPS) is 9.85. The second-order valence-electron chi connectivity index (χ2n) is 2.33. The van der Waals surface area contributed by atoms with Crippen molar-refractivity contribution in [1.29, 1.82) is 0 Å². The van der Waals surface area contributed by atoms with Crippen LogP contribution in [0, 0.1) is 7.14 Å². The van der Waals surface area contributed by atoms with E-state index in [0.29, 0.717) is 11.4 Å². The monoisotopic (exact) mass is 405 g/mol. The Labute approximate surface area is 104 Å². The highest BCUT2D eigenvalue weighted by Crippen LogP contribution is 2.38. The number of methoxy groups -OCH3 is 2. The average molecular weight is 405 g/mol. The van der Waals surface area contributed by atoms with Gasteiger partial charge < -0.3 is 15.2 Å². The number of anilines is 1. The largest absolute Gasteiger partial charge is 0.494 e. The topological polar surface area (TPSA) is 44.5 Å². The molecule has 1 rings (SSSR count). The number of nitrogens with two attached hydrogens (primary N) is 1. The number of benzene rings is 1. The first-order valence-electron chi connectivity index (χ1n) is 3.47. The lowest BCUT2D eigenvalue weighted by Gasteiger charge is -2.12. The van der Waals surface area contributed by atoms with Gasteiger partial charge in [-0.25, -0.2) is 0 Å². The fourth-order valence-corrected chi connectivity index (χ4v) is 3.38. The molecule has 3 nitrogen and oxygen atoms in total. The molecule has 0 atom stereocenters. The third kappa shape index (κ3) is 2.12. The van der Waals surface area contributed by atoms with Crippen molar-refractivity contribution in [2.24, 2.45) is 0 Å². The molecule has 1 aromatic rings. The second kappa shape index (κ2) is 4.54. The van der Waals surface area contributed by atoms with Crippen molar-refractivity contribution in [1.82, 2.24) is 0 Å². The summed E-state index contributed by atoms with van der Waals surface area (Å²) in [5.41, 5.74) is 6.40. The smallest absolute Gasteiger partial charge is 0.158 e. The number of hydrogen-bond donors (Lipinski definition) is 1. The molecule has 0 fully saturated rings. The molecule has 0 amide bonds. The van der Waals surface area contributed by atoms with Gasteiger partial charge in [0.2, 0.25) is 0 Å². The zero-order valence-corrected chi connectivity index (χ0v) is 11.5. The molecule has 0 spiro atoms. The highest BCUT2D eigenvalue weighted by Gasteiger charge is 2.14. The summed E-state index contributed by atoms with van der Waals surface area (Å²) in [5, 5.41) is 0. The number of hydrogen-bond acceptors (Lipinski definition) is 3. The molecule has 0 aromatic heterocycles. The zero-order valence-electron chi connectivity index (χ0n) is 7.23. The third-order valence-corrected chi connectivity index (χ3v) is 3.35. The van der Waals surface area contributed by atoms with Crippen LogP contribution in [0.15, 0.2) is 6.07 Å². The minimum Gasteiger partial charge on any atom is -0.494 e. The first-order chi connectivity index (χ1) is 6.11. The third-order valence-electron chi connectivity index (χ3n) is 1.57. The van der Waals surface area contributed by atoms with Crippen molar-refractivity contribution in [3.63, 3.8) is 0 Å². The molecular formula is C8H9I2NO2. The van der Waals surface area contributed by atoms with Crippen LogP contribution in [0.2, 0.25) is 0 Å². The molecule has 0 heterocycles. The van der Waals surface area contributed by atoms with Gasteiger partial charge in [0, 0.05) is 0 Å². The minimum atomic E-state index is 0.636. The van der Waals surface area contributed by atoms with E-state index in [1.807, 2.05) is 6.07 Å². The Kier molecular flexibility index (Phi) is 3.89. The van der Waals surface area contributed by atoms with Gasteiger partial charge >= 0.3 is 0 Å². The van der Waals surface area contributed by atoms with Crippen LogP contribution in [0.25, 0.3) is 0 Å². The van der Waals surface area contributed by atoms with Crippen LogP contribution < -0.4 is 15.2 Å². The molecule has 0 aliphatic heterocycles. The van der Waals surface area contributed by atoms with E-state index in [9.17, 15) is 0 Å². The molecule has 0 unspecified atom stereocenters. The average Bonchev–Trinajstić information content (AvgIpc) is 2.04. The van der Waals surface area contributed by atoms with Gasteiger partial charge in [0.25, 0.3) is 0 Å². The van der Waals surface area contributed by atoms with E-state index < -0.39 is 0 Å². The maximum atomic E-state index is 5.77. The van der Waals surface area contributed by atoms with Crippen LogP contribution >= 0.6 is 45.2 Å². The highest BCUT2D eigenvalue weighted by molar-refractivity contribution is 14.1. The van der Waals surface area contributed by atoms with Crippen LogP contribution in [0.3, 0.4) is 0 Å². The summed E-state index contributed by atoms with van der Waals surface area (Å²) in [6.45, 7) is 0. The molecule has 0 saturated heterocycles. The lowest BCUT2D eigenvalue weighted by molar-refractivity contribution is 0.388. The fraction of sp³-hybridized carbons (Fsp3) is 0.250. The second-order valence-corrected chi connectivity index (χ2v) is 4.57. The van der Waals surface area contributed by atoms with Gasteiger partial charge in [0.05, 0.1) is 23.5 Å². The van der Waals surface area contributed by atoms with E-state index in [1.54, 1.807) is 14.2 Å². The van der Waals surface area contributed by atoms with Gasteiger partial charge in [0.15, 0.2) is 5.75 Å². The molecule has 0 aliphatic carbocycles. The summed E-state index contributed by atoms with van der Waals surface area (Å²) in [5.74, 6) is 1.49. The van der Waals surface area contributed by atoms with Crippen LogP contribution in [-0.2, 0) is 0 Å². The van der Waals surface area contributed by atoms with Crippen molar-refractivity contribution >= 4 is 50.9 Å². The van der Waals surface area contributed by atoms with E-state index in [4.69, 9.17) is 15.2 Å². The predicted octanol–water partition coefficient (Wildman–Crippen LogP) is 2.50. The molecule has 0 radical (unpaired) electrons. The minimum absolute atomic E-state index is 0.636. The van der Waals surface area contributed by atoms with Gasteiger partial charge in [-0.15, -0.1) is 0 Å². The van der Waals surface area contributed by atoms with Crippen LogP contribution in [0.1, 0.15) is 0 Å². The Morgan fingerprint density at radius 2 is 1.69 bits per heavy atom. The van der Waals surface area contributed by atoms with Gasteiger partial charge in [-0.3, -0.25) is 0 Å². The summed E-state index contributed by atoms with van der Waals surface area (Å²) in [4.78, 5) is 0. The molecule has 1 aromatic carbocycles. The van der Waals surface area contributed by atoms with Gasteiger partial charge in [0.1, 0.15) is 9.32 Å². The Balaban J connectivity index is 3.39. The van der Waals surface area contributed by atoms with E-state index in [1.165, 1.54) is 0 Å². The zero-order chi connectivity index (χ0) is 10.0. The Bertz CT molecular complexity index is 300. The molecule has 72 valence electrons. The summed E-state index contributed by atoms with van der Waals surface area (Å²) >= 11 is 4.34. The first-order valence-corrected chi connectivity index (χ1v) is 5.63. The molecule has 0 saturated carbocycles. The van der Waals surface area contributed by atoms with Crippen molar-refractivity contribution in [2.75, 3.05) is 20.0 Å². The highest BCUT2D eigenvalue weighted by atomic mass is 127. The fourth-order valence-electron chi connectivity index (χ4n) is 0.997. The molecule has 0 bridgehead atoms. The van der Waals surface area contributed by atoms with Gasteiger partial charge in [-0.05, 0) is 51.2 Å². The standard InChI is InChI=1S/C8H9I2NO2/c1-12-7-4(9)3-5(11)8(13-2)6(7)10/h3H,11H2,1-2H3. The summed E-state index contributed by atoms with van der Waals surface area (Å²) < 4.78 is 12.3. The predicted molar refractivity (Wildman–Crippen MR) is 69.4 cm³/mol. The lowest BCUT2D eigenvalue weighted by Crippen LogP contribution is -1.99. The SMILES string of the molecule is COc1c(N)cc(I)c(OC)c1I. The quantitative estimate of drug-likeness (QED) is 0.608. The van der Waals surface area contributed by atoms with E-state index in [0.717, 1.165) is 12.9 Å². The van der Waals surface area contributed by atoms with Crippen molar-refractivity contribution in [2.45, 2.75) is 0 Å². The number of rotatable bonds is 2. The number of nitrogen functional groups attached to an aromatic ring is 1. The molecule has 0 aliphatic rings. The number of ether oxygens (including phenoxy) is 2. The Morgan fingerprint density at radius 3 is 2.15 bits per heavy atom. The van der Waals surface area contributed by atoms with E-state index >= 15 is 0 Å². The van der Waals surface area contributed by atoms with Crippen LogP contribution in [0.5, 0.6) is 11.5 Å². The summed E-state index contributed by atoms with van der Waals surface area (Å²) in [6.07, 6.45) is 0. The molecule has 13 heavy (non-hydrogen) atoms. The Hall–Kier alpha value is 0.0800. The van der Waals surface area contributed by atoms with Crippen LogP contribution in [-0.4, -0.2) is 14.2 Å². The van der Waals surface area contributed by atoms with Crippen LogP contribution in [0.4, 0.5) is 5.69 Å². The van der Waals surface area contributed by atoms with Crippen molar-refractivity contribution < 1.29 is 9.47 Å². The van der Waals surface area contributed by atoms with E-state index in [-0.39, 0.29) is 0 Å². The lowest BCUT2D eigenvalue weighted by atomic mass is 10.3. The van der Waals surface area contributed by atoms with Crippen molar-refractivity contribution in [3.8, 4) is 11.5 Å². The summed E-state index contributed by atoms with van der Waals surface area (Å²) in [6, 6.07) is 1.83. The maximum Gasteiger partial charge on any atom is 0.158 e. The molecule has 5 heteroatoms. The number of halogens is 2. The van der Waals surface area contributed by atoms with Crippen molar-refractivity contribution in [3.05, 3.63) is 13.2 Å². The Morgan fingerprint density at radius 1 is 1.15 bits per heavy atom. The van der Waals surface area contributed by atoms with E-state index in [2.05, 4.69) is 45.2 Å².